The summed E-state index contributed by atoms with van der Waals surface area (Å²) in [6.45, 7) is 3.19. The van der Waals surface area contributed by atoms with Crippen LogP contribution < -0.4 is 5.73 Å². The van der Waals surface area contributed by atoms with Gasteiger partial charge >= 0.3 is 0 Å². The van der Waals surface area contributed by atoms with Crippen molar-refractivity contribution < 1.29 is 8.78 Å². The van der Waals surface area contributed by atoms with Crippen molar-refractivity contribution in [2.45, 2.75) is 19.4 Å². The van der Waals surface area contributed by atoms with E-state index in [1.54, 1.807) is 13.0 Å². The summed E-state index contributed by atoms with van der Waals surface area (Å²) >= 11 is 3.39. The molecule has 0 aromatic heterocycles. The lowest BCUT2D eigenvalue weighted by Crippen LogP contribution is -2.36. The Morgan fingerprint density at radius 2 is 1.63 bits per heavy atom. The van der Waals surface area contributed by atoms with E-state index in [-0.39, 0.29) is 11.1 Å². The smallest absolute Gasteiger partial charge is 0.164 e. The van der Waals surface area contributed by atoms with Gasteiger partial charge in [0.25, 0.3) is 0 Å². The predicted octanol–water partition coefficient (Wildman–Crippen LogP) is 4.26. The van der Waals surface area contributed by atoms with Crippen LogP contribution >= 0.6 is 15.9 Å². The van der Waals surface area contributed by atoms with Crippen LogP contribution in [-0.2, 0) is 5.54 Å². The first-order valence-corrected chi connectivity index (χ1v) is 6.64. The van der Waals surface area contributed by atoms with Gasteiger partial charge in [0.2, 0.25) is 0 Å². The quantitative estimate of drug-likeness (QED) is 0.877. The van der Waals surface area contributed by atoms with Gasteiger partial charge in [-0.25, -0.2) is 8.78 Å². The summed E-state index contributed by atoms with van der Waals surface area (Å²) in [6.07, 6.45) is 0. The van der Waals surface area contributed by atoms with E-state index < -0.39 is 17.2 Å². The summed E-state index contributed by atoms with van der Waals surface area (Å²) in [5.74, 6) is -1.73. The van der Waals surface area contributed by atoms with Gasteiger partial charge in [-0.3, -0.25) is 0 Å². The summed E-state index contributed by atoms with van der Waals surface area (Å²) in [5.41, 5.74) is 6.25. The molecule has 2 aromatic rings. The third-order valence-electron chi connectivity index (χ3n) is 3.27. The van der Waals surface area contributed by atoms with Crippen molar-refractivity contribution in [3.63, 3.8) is 0 Å². The van der Waals surface area contributed by atoms with Gasteiger partial charge < -0.3 is 5.73 Å². The van der Waals surface area contributed by atoms with E-state index in [2.05, 4.69) is 15.9 Å². The number of aryl methyl sites for hydroxylation is 1. The van der Waals surface area contributed by atoms with Crippen molar-refractivity contribution in [2.75, 3.05) is 0 Å². The second-order valence-electron chi connectivity index (χ2n) is 4.74. The molecule has 0 fully saturated rings. The van der Waals surface area contributed by atoms with Crippen LogP contribution in [0.1, 0.15) is 23.6 Å². The van der Waals surface area contributed by atoms with Crippen LogP contribution in [0, 0.1) is 18.6 Å². The molecule has 0 aliphatic carbocycles. The highest BCUT2D eigenvalue weighted by atomic mass is 79.9. The fraction of sp³-hybridized carbons (Fsp3) is 0.200. The van der Waals surface area contributed by atoms with Crippen LogP contribution in [0.25, 0.3) is 0 Å². The lowest BCUT2D eigenvalue weighted by Gasteiger charge is -2.27. The second-order valence-corrected chi connectivity index (χ2v) is 5.59. The van der Waals surface area contributed by atoms with E-state index in [4.69, 9.17) is 5.73 Å². The second kappa shape index (κ2) is 5.02. The van der Waals surface area contributed by atoms with Crippen molar-refractivity contribution in [3.05, 3.63) is 69.2 Å². The Kier molecular flexibility index (Phi) is 3.74. The zero-order chi connectivity index (χ0) is 14.2. The largest absolute Gasteiger partial charge is 0.318 e. The highest BCUT2D eigenvalue weighted by molar-refractivity contribution is 9.10. The maximum Gasteiger partial charge on any atom is 0.164 e. The summed E-state index contributed by atoms with van der Waals surface area (Å²) < 4.78 is 28.6. The van der Waals surface area contributed by atoms with Crippen molar-refractivity contribution in [1.82, 2.24) is 0 Å². The number of nitrogens with two attached hydrogens (primary N) is 1. The summed E-state index contributed by atoms with van der Waals surface area (Å²) in [4.78, 5) is 0. The molecule has 2 N–H and O–H groups in total. The molecule has 0 spiro atoms. The van der Waals surface area contributed by atoms with Crippen LogP contribution in [-0.4, -0.2) is 0 Å². The molecule has 0 aliphatic heterocycles. The third-order valence-corrected chi connectivity index (χ3v) is 3.96. The molecule has 1 nitrogen and oxygen atoms in total. The van der Waals surface area contributed by atoms with E-state index >= 15 is 0 Å². The zero-order valence-electron chi connectivity index (χ0n) is 10.7. The van der Waals surface area contributed by atoms with Crippen LogP contribution in [0.15, 0.2) is 40.9 Å². The van der Waals surface area contributed by atoms with Crippen molar-refractivity contribution in [1.29, 1.82) is 0 Å². The van der Waals surface area contributed by atoms with Gasteiger partial charge in [-0.15, -0.1) is 0 Å². The van der Waals surface area contributed by atoms with Gasteiger partial charge in [-0.2, -0.15) is 0 Å². The molecule has 0 saturated heterocycles. The standard InChI is InChI=1S/C15H14BrF2N/c1-9-7-8-11(14(18)13(9)17)15(2,19)10-5-3-4-6-12(10)16/h3-8H,19H2,1-2H3. The maximum absolute atomic E-state index is 14.1. The molecule has 0 amide bonds. The van der Waals surface area contributed by atoms with Crippen molar-refractivity contribution in [2.24, 2.45) is 5.73 Å². The fourth-order valence-corrected chi connectivity index (χ4v) is 2.77. The number of hydrogen-bond acceptors (Lipinski definition) is 1. The Bertz CT molecular complexity index is 624. The highest BCUT2D eigenvalue weighted by Crippen LogP contribution is 2.34. The average molecular weight is 326 g/mol. The Morgan fingerprint density at radius 1 is 1.00 bits per heavy atom. The monoisotopic (exact) mass is 325 g/mol. The molecule has 0 bridgehead atoms. The van der Waals surface area contributed by atoms with Crippen LogP contribution in [0.4, 0.5) is 8.78 Å². The summed E-state index contributed by atoms with van der Waals surface area (Å²) in [6, 6.07) is 10.3. The van der Waals surface area contributed by atoms with E-state index in [0.717, 1.165) is 4.47 Å². The number of halogens is 3. The zero-order valence-corrected chi connectivity index (χ0v) is 12.3. The minimum Gasteiger partial charge on any atom is -0.318 e. The third kappa shape index (κ3) is 2.42. The van der Waals surface area contributed by atoms with E-state index in [0.29, 0.717) is 5.56 Å². The minimum absolute atomic E-state index is 0.141. The first-order valence-electron chi connectivity index (χ1n) is 5.84. The molecular weight excluding hydrogens is 312 g/mol. The van der Waals surface area contributed by atoms with Crippen LogP contribution in [0.3, 0.4) is 0 Å². The van der Waals surface area contributed by atoms with Crippen LogP contribution in [0.2, 0.25) is 0 Å². The molecule has 19 heavy (non-hydrogen) atoms. The van der Waals surface area contributed by atoms with E-state index in [1.165, 1.54) is 19.1 Å². The first kappa shape index (κ1) is 14.2. The van der Waals surface area contributed by atoms with Gasteiger partial charge in [0.15, 0.2) is 11.6 Å². The Hall–Kier alpha value is -1.26. The number of rotatable bonds is 2. The van der Waals surface area contributed by atoms with Gasteiger partial charge in [-0.1, -0.05) is 46.3 Å². The van der Waals surface area contributed by atoms with E-state index in [1.807, 2.05) is 18.2 Å². The summed E-state index contributed by atoms with van der Waals surface area (Å²) in [7, 11) is 0. The number of hydrogen-bond donors (Lipinski definition) is 1. The molecule has 0 heterocycles. The Morgan fingerprint density at radius 3 is 2.26 bits per heavy atom. The Labute approximate surface area is 119 Å². The molecule has 1 unspecified atom stereocenters. The molecule has 1 atom stereocenters. The summed E-state index contributed by atoms with van der Waals surface area (Å²) in [5, 5.41) is 0. The minimum atomic E-state index is -1.11. The van der Waals surface area contributed by atoms with Gasteiger partial charge in [-0.05, 0) is 31.0 Å². The van der Waals surface area contributed by atoms with Crippen LogP contribution in [0.5, 0.6) is 0 Å². The van der Waals surface area contributed by atoms with Crippen molar-refractivity contribution >= 4 is 15.9 Å². The molecule has 0 aliphatic rings. The van der Waals surface area contributed by atoms with Gasteiger partial charge in [0.05, 0.1) is 5.54 Å². The lowest BCUT2D eigenvalue weighted by molar-refractivity contribution is 0.464. The maximum atomic E-state index is 14.1. The molecule has 4 heteroatoms. The van der Waals surface area contributed by atoms with Gasteiger partial charge in [0.1, 0.15) is 0 Å². The average Bonchev–Trinajstić information content (AvgIpc) is 2.36. The number of benzene rings is 2. The lowest BCUT2D eigenvalue weighted by atomic mass is 9.85. The topological polar surface area (TPSA) is 26.0 Å². The van der Waals surface area contributed by atoms with E-state index in [9.17, 15) is 8.78 Å². The predicted molar refractivity (Wildman–Crippen MR) is 75.9 cm³/mol. The normalized spacial score (nSPS) is 14.2. The fourth-order valence-electron chi connectivity index (χ4n) is 2.07. The molecule has 0 saturated carbocycles. The molecule has 2 rings (SSSR count). The highest BCUT2D eigenvalue weighted by Gasteiger charge is 2.30. The molecule has 2 aromatic carbocycles. The van der Waals surface area contributed by atoms with Gasteiger partial charge in [0, 0.05) is 10.0 Å². The first-order chi connectivity index (χ1) is 8.85. The SMILES string of the molecule is Cc1ccc(C(C)(N)c2ccccc2Br)c(F)c1F. The van der Waals surface area contributed by atoms with Crippen molar-refractivity contribution in [3.8, 4) is 0 Å². The Balaban J connectivity index is 2.64. The molecular formula is C15H14BrF2N. The molecule has 0 radical (unpaired) electrons. The molecule has 100 valence electrons.